The predicted octanol–water partition coefficient (Wildman–Crippen LogP) is 2.95. The minimum atomic E-state index is -3.78. The molecule has 0 spiro atoms. The lowest BCUT2D eigenvalue weighted by molar-refractivity contribution is 0.0376. The number of sulfonamides is 1. The first-order valence-electron chi connectivity index (χ1n) is 13.0. The predicted molar refractivity (Wildman–Crippen MR) is 152 cm³/mol. The summed E-state index contributed by atoms with van der Waals surface area (Å²) in [7, 11) is -0.727. The number of hydrogen-bond acceptors (Lipinski definition) is 9. The number of carbonyl (C=O) groups excluding carboxylic acids is 1. The lowest BCUT2D eigenvalue weighted by Crippen LogP contribution is -2.39. The van der Waals surface area contributed by atoms with Gasteiger partial charge in [0.25, 0.3) is 5.91 Å². The van der Waals surface area contributed by atoms with Gasteiger partial charge in [-0.2, -0.15) is 4.31 Å². The number of rotatable bonds is 14. The van der Waals surface area contributed by atoms with Crippen LogP contribution in [0.5, 0.6) is 0 Å². The maximum Gasteiger partial charge on any atom is 0.260 e. The van der Waals surface area contributed by atoms with E-state index in [0.717, 1.165) is 49.5 Å². The average molecular weight is 577 g/mol. The molecule has 4 rings (SSSR count). The van der Waals surface area contributed by atoms with Crippen LogP contribution < -0.4 is 4.90 Å². The van der Waals surface area contributed by atoms with Crippen LogP contribution in [0.25, 0.3) is 10.2 Å². The lowest BCUT2D eigenvalue weighted by Gasteiger charge is -2.27. The number of para-hydroxylation sites is 1. The van der Waals surface area contributed by atoms with Gasteiger partial charge in [-0.3, -0.25) is 14.6 Å². The fourth-order valence-corrected chi connectivity index (χ4v) is 6.75. The highest BCUT2D eigenvalue weighted by molar-refractivity contribution is 7.89. The summed E-state index contributed by atoms with van der Waals surface area (Å²) in [4.78, 5) is 22.6. The average Bonchev–Trinajstić information content (AvgIpc) is 3.39. The summed E-state index contributed by atoms with van der Waals surface area (Å²) in [6, 6.07) is 13.9. The number of benzene rings is 2. The van der Waals surface area contributed by atoms with E-state index in [9.17, 15) is 13.2 Å². The van der Waals surface area contributed by atoms with Crippen molar-refractivity contribution in [2.75, 3.05) is 84.8 Å². The number of morpholine rings is 1. The van der Waals surface area contributed by atoms with Crippen molar-refractivity contribution in [3.05, 3.63) is 54.1 Å². The maximum absolute atomic E-state index is 13.7. The second-order valence-corrected chi connectivity index (χ2v) is 12.1. The minimum absolute atomic E-state index is 0.116. The Balaban J connectivity index is 1.54. The molecule has 1 amide bonds. The van der Waals surface area contributed by atoms with Crippen LogP contribution in [-0.4, -0.2) is 108 Å². The molecule has 1 aromatic heterocycles. The zero-order valence-corrected chi connectivity index (χ0v) is 24.1. The molecule has 0 aliphatic carbocycles. The monoisotopic (exact) mass is 576 g/mol. The first-order chi connectivity index (χ1) is 18.9. The van der Waals surface area contributed by atoms with Crippen LogP contribution in [0.15, 0.2) is 53.4 Å². The number of carbonyl (C=O) groups is 1. The summed E-state index contributed by atoms with van der Waals surface area (Å²) < 4.78 is 44.5. The van der Waals surface area contributed by atoms with Gasteiger partial charge in [0, 0.05) is 59.1 Å². The largest absolute Gasteiger partial charge is 0.383 e. The van der Waals surface area contributed by atoms with E-state index < -0.39 is 10.0 Å². The van der Waals surface area contributed by atoms with Gasteiger partial charge < -0.3 is 14.2 Å². The van der Waals surface area contributed by atoms with E-state index >= 15 is 0 Å². The van der Waals surface area contributed by atoms with Crippen molar-refractivity contribution >= 4 is 42.6 Å². The van der Waals surface area contributed by atoms with Gasteiger partial charge in [-0.25, -0.2) is 13.4 Å². The molecule has 1 saturated heterocycles. The number of amides is 1. The number of fused-ring (bicyclic) bond motifs is 1. The standard InChI is InChI=1S/C27H36N4O6S2/c1-35-18-16-30(17-19-36-2)39(33,34)23-10-8-22(9-11-23)26(32)31(13-5-12-29-14-20-37-21-15-29)27-28-24-6-3-4-7-25(24)38-27/h3-4,6-11H,5,12-21H2,1-2H3. The van der Waals surface area contributed by atoms with Gasteiger partial charge in [-0.1, -0.05) is 23.5 Å². The van der Waals surface area contributed by atoms with Crippen LogP contribution in [0, 0.1) is 0 Å². The first kappa shape index (κ1) is 29.5. The van der Waals surface area contributed by atoms with Crippen LogP contribution in [0.1, 0.15) is 16.8 Å². The molecule has 39 heavy (non-hydrogen) atoms. The number of anilines is 1. The summed E-state index contributed by atoms with van der Waals surface area (Å²) in [5.74, 6) is -0.212. The second-order valence-electron chi connectivity index (χ2n) is 9.14. The summed E-state index contributed by atoms with van der Waals surface area (Å²) >= 11 is 1.48. The third kappa shape index (κ3) is 7.60. The molecule has 0 bridgehead atoms. The quantitative estimate of drug-likeness (QED) is 0.289. The number of hydrogen-bond donors (Lipinski definition) is 0. The Labute approximate surface area is 234 Å². The Morgan fingerprint density at radius 1 is 1.00 bits per heavy atom. The molecule has 1 aliphatic rings. The topological polar surface area (TPSA) is 102 Å². The van der Waals surface area contributed by atoms with Gasteiger partial charge in [0.1, 0.15) is 0 Å². The third-order valence-corrected chi connectivity index (χ3v) is 9.52. The van der Waals surface area contributed by atoms with E-state index in [1.807, 2.05) is 24.3 Å². The Bertz CT molecular complexity index is 1270. The van der Waals surface area contributed by atoms with Crippen LogP contribution in [-0.2, 0) is 24.2 Å². The van der Waals surface area contributed by atoms with Crippen molar-refractivity contribution in [2.24, 2.45) is 0 Å². The number of ether oxygens (including phenoxy) is 3. The van der Waals surface area contributed by atoms with E-state index in [1.54, 1.807) is 17.0 Å². The molecule has 1 fully saturated rings. The van der Waals surface area contributed by atoms with E-state index in [0.29, 0.717) is 17.2 Å². The van der Waals surface area contributed by atoms with Crippen molar-refractivity contribution in [1.82, 2.24) is 14.2 Å². The van der Waals surface area contributed by atoms with Crippen molar-refractivity contribution in [3.63, 3.8) is 0 Å². The first-order valence-corrected chi connectivity index (χ1v) is 15.3. The van der Waals surface area contributed by atoms with Gasteiger partial charge in [-0.05, 0) is 42.8 Å². The zero-order chi connectivity index (χ0) is 27.7. The number of thiazole rings is 1. The van der Waals surface area contributed by atoms with E-state index in [1.165, 1.54) is 42.0 Å². The molecule has 2 aromatic carbocycles. The van der Waals surface area contributed by atoms with Crippen LogP contribution >= 0.6 is 11.3 Å². The maximum atomic E-state index is 13.7. The van der Waals surface area contributed by atoms with Gasteiger partial charge in [0.2, 0.25) is 10.0 Å². The molecule has 0 atom stereocenters. The van der Waals surface area contributed by atoms with Crippen molar-refractivity contribution in [1.29, 1.82) is 0 Å². The highest BCUT2D eigenvalue weighted by Gasteiger charge is 2.26. The molecule has 212 valence electrons. The van der Waals surface area contributed by atoms with Crippen molar-refractivity contribution < 1.29 is 27.4 Å². The Morgan fingerprint density at radius 3 is 2.31 bits per heavy atom. The van der Waals surface area contributed by atoms with E-state index in [2.05, 4.69) is 4.90 Å². The summed E-state index contributed by atoms with van der Waals surface area (Å²) in [5, 5.41) is 0.630. The number of methoxy groups -OCH3 is 2. The molecule has 2 heterocycles. The Hall–Kier alpha value is -2.45. The van der Waals surface area contributed by atoms with Crippen molar-refractivity contribution in [2.45, 2.75) is 11.3 Å². The highest BCUT2D eigenvalue weighted by Crippen LogP contribution is 2.30. The molecule has 0 N–H and O–H groups in total. The SMILES string of the molecule is COCCN(CCOC)S(=O)(=O)c1ccc(C(=O)N(CCCN2CCOCC2)c2nc3ccccc3s2)cc1. The minimum Gasteiger partial charge on any atom is -0.383 e. The van der Waals surface area contributed by atoms with Crippen molar-refractivity contribution in [3.8, 4) is 0 Å². The molecule has 3 aromatic rings. The molecule has 0 radical (unpaired) electrons. The molecule has 0 saturated carbocycles. The van der Waals surface area contributed by atoms with E-state index in [4.69, 9.17) is 19.2 Å². The van der Waals surface area contributed by atoms with Gasteiger partial charge in [-0.15, -0.1) is 0 Å². The second kappa shape index (κ2) is 14.3. The zero-order valence-electron chi connectivity index (χ0n) is 22.5. The molecule has 0 unspecified atom stereocenters. The molecule has 12 heteroatoms. The fourth-order valence-electron chi connectivity index (χ4n) is 4.35. The van der Waals surface area contributed by atoms with Gasteiger partial charge in [0.05, 0.1) is 41.5 Å². The lowest BCUT2D eigenvalue weighted by atomic mass is 10.2. The number of aromatic nitrogens is 1. The van der Waals surface area contributed by atoms with Gasteiger partial charge >= 0.3 is 0 Å². The number of nitrogens with zero attached hydrogens (tertiary/aromatic N) is 4. The fraction of sp³-hybridized carbons (Fsp3) is 0.481. The molecular weight excluding hydrogens is 540 g/mol. The summed E-state index contributed by atoms with van der Waals surface area (Å²) in [6.45, 7) is 5.52. The Kier molecular flexibility index (Phi) is 10.8. The smallest absolute Gasteiger partial charge is 0.260 e. The highest BCUT2D eigenvalue weighted by atomic mass is 32.2. The van der Waals surface area contributed by atoms with Crippen LogP contribution in [0.3, 0.4) is 0 Å². The summed E-state index contributed by atoms with van der Waals surface area (Å²) in [5.41, 5.74) is 1.25. The summed E-state index contributed by atoms with van der Waals surface area (Å²) in [6.07, 6.45) is 0.780. The molecule has 1 aliphatic heterocycles. The molecular formula is C27H36N4O6S2. The third-order valence-electron chi connectivity index (χ3n) is 6.55. The van der Waals surface area contributed by atoms with Crippen LogP contribution in [0.2, 0.25) is 0 Å². The molecule has 10 nitrogen and oxygen atoms in total. The van der Waals surface area contributed by atoms with E-state index in [-0.39, 0.29) is 37.1 Å². The normalized spacial score (nSPS) is 14.7. The van der Waals surface area contributed by atoms with Crippen LogP contribution in [0.4, 0.5) is 5.13 Å². The Morgan fingerprint density at radius 2 is 1.67 bits per heavy atom. The van der Waals surface area contributed by atoms with Gasteiger partial charge in [0.15, 0.2) is 5.13 Å².